The summed E-state index contributed by atoms with van der Waals surface area (Å²) in [6.07, 6.45) is 0. The maximum atomic E-state index is 11.9. The van der Waals surface area contributed by atoms with E-state index in [2.05, 4.69) is 14.4 Å². The van der Waals surface area contributed by atoms with Crippen molar-refractivity contribution < 1.29 is 23.1 Å². The number of sulfonamides is 1. The van der Waals surface area contributed by atoms with Crippen molar-refractivity contribution in [3.8, 4) is 0 Å². The zero-order chi connectivity index (χ0) is 13.8. The first-order valence-corrected chi connectivity index (χ1v) is 7.41. The monoisotopic (exact) mass is 294 g/mol. The minimum atomic E-state index is -3.81. The Morgan fingerprint density at radius 3 is 2.89 bits per heavy atom. The molecule has 7 nitrogen and oxygen atoms in total. The Morgan fingerprint density at radius 1 is 1.67 bits per heavy atom. The first-order valence-electron chi connectivity index (χ1n) is 5.04. The second-order valence-corrected chi connectivity index (χ2v) is 6.44. The Labute approximate surface area is 109 Å². The molecule has 0 fully saturated rings. The van der Waals surface area contributed by atoms with Crippen LogP contribution in [-0.4, -0.2) is 44.7 Å². The smallest absolute Gasteiger partial charge is 0.358 e. The minimum Gasteiger partial charge on any atom is -0.464 e. The summed E-state index contributed by atoms with van der Waals surface area (Å²) in [4.78, 5) is 15.0. The van der Waals surface area contributed by atoms with Gasteiger partial charge in [0, 0.05) is 13.2 Å². The van der Waals surface area contributed by atoms with E-state index in [0.29, 0.717) is 0 Å². The first kappa shape index (κ1) is 15.0. The van der Waals surface area contributed by atoms with Crippen LogP contribution < -0.4 is 4.72 Å². The molecule has 1 aromatic rings. The third-order valence-electron chi connectivity index (χ3n) is 2.09. The standard InChI is InChI=1S/C9H14N2O5S2/c1-6(4-12)3-11-18(14,15)9-7(8(13)16-2)10-5-17-9/h5-6,11-12H,3-4H2,1-2H3. The normalized spacial score (nSPS) is 13.3. The highest BCUT2D eigenvalue weighted by Crippen LogP contribution is 2.20. The molecule has 0 aliphatic rings. The van der Waals surface area contributed by atoms with Crippen molar-refractivity contribution in [3.63, 3.8) is 0 Å². The SMILES string of the molecule is COC(=O)c1ncsc1S(=O)(=O)NCC(C)CO. The van der Waals surface area contributed by atoms with Crippen LogP contribution in [0.25, 0.3) is 0 Å². The predicted octanol–water partition coefficient (Wildman–Crippen LogP) is -0.164. The summed E-state index contributed by atoms with van der Waals surface area (Å²) >= 11 is 0.835. The Bertz CT molecular complexity index is 511. The fourth-order valence-corrected chi connectivity index (χ4v) is 3.38. The number of hydrogen-bond donors (Lipinski definition) is 2. The Morgan fingerprint density at radius 2 is 2.33 bits per heavy atom. The number of carbonyl (C=O) groups is 1. The molecule has 1 unspecified atom stereocenters. The molecule has 0 radical (unpaired) electrons. The number of aliphatic hydroxyl groups is 1. The molecule has 0 aliphatic carbocycles. The molecule has 1 heterocycles. The van der Waals surface area contributed by atoms with Crippen LogP contribution in [0, 0.1) is 5.92 Å². The van der Waals surface area contributed by atoms with Crippen molar-refractivity contribution in [1.29, 1.82) is 0 Å². The molecule has 1 rings (SSSR count). The van der Waals surface area contributed by atoms with Gasteiger partial charge in [0.1, 0.15) is 0 Å². The molecule has 102 valence electrons. The van der Waals surface area contributed by atoms with Crippen molar-refractivity contribution in [2.75, 3.05) is 20.3 Å². The lowest BCUT2D eigenvalue weighted by Gasteiger charge is -2.09. The van der Waals surface area contributed by atoms with Gasteiger partial charge in [-0.3, -0.25) is 0 Å². The molecule has 1 atom stereocenters. The Hall–Kier alpha value is -1.03. The molecule has 0 bridgehead atoms. The number of aromatic nitrogens is 1. The predicted molar refractivity (Wildman–Crippen MR) is 64.9 cm³/mol. The van der Waals surface area contributed by atoms with Crippen LogP contribution in [0.4, 0.5) is 0 Å². The molecular formula is C9H14N2O5S2. The van der Waals surface area contributed by atoms with Crippen LogP contribution in [0.5, 0.6) is 0 Å². The van der Waals surface area contributed by atoms with Gasteiger partial charge in [-0.05, 0) is 5.92 Å². The van der Waals surface area contributed by atoms with Crippen LogP contribution in [0.3, 0.4) is 0 Å². The second kappa shape index (κ2) is 6.23. The van der Waals surface area contributed by atoms with E-state index < -0.39 is 16.0 Å². The molecule has 0 saturated heterocycles. The Kier molecular flexibility index (Phi) is 5.20. The van der Waals surface area contributed by atoms with Crippen LogP contribution in [0.15, 0.2) is 9.72 Å². The van der Waals surface area contributed by atoms with Gasteiger partial charge in [-0.15, -0.1) is 11.3 Å². The molecule has 9 heteroatoms. The molecule has 2 N–H and O–H groups in total. The van der Waals surface area contributed by atoms with Crippen molar-refractivity contribution >= 4 is 27.3 Å². The number of aliphatic hydroxyl groups excluding tert-OH is 1. The van der Waals surface area contributed by atoms with Crippen molar-refractivity contribution in [2.45, 2.75) is 11.1 Å². The summed E-state index contributed by atoms with van der Waals surface area (Å²) in [5.74, 6) is -1.01. The number of rotatable bonds is 6. The third-order valence-corrected chi connectivity index (χ3v) is 4.88. The third kappa shape index (κ3) is 3.48. The molecule has 18 heavy (non-hydrogen) atoms. The molecule has 0 amide bonds. The quantitative estimate of drug-likeness (QED) is 0.706. The van der Waals surface area contributed by atoms with Crippen molar-refractivity contribution in [3.05, 3.63) is 11.2 Å². The summed E-state index contributed by atoms with van der Waals surface area (Å²) in [6.45, 7) is 1.64. The topological polar surface area (TPSA) is 106 Å². The molecule has 0 spiro atoms. The number of methoxy groups -OCH3 is 1. The lowest BCUT2D eigenvalue weighted by Crippen LogP contribution is -2.30. The number of carbonyl (C=O) groups excluding carboxylic acids is 1. The lowest BCUT2D eigenvalue weighted by atomic mass is 10.2. The van der Waals surface area contributed by atoms with E-state index in [0.717, 1.165) is 18.4 Å². The van der Waals surface area contributed by atoms with E-state index in [1.807, 2.05) is 0 Å². The average Bonchev–Trinajstić information content (AvgIpc) is 2.85. The van der Waals surface area contributed by atoms with Gasteiger partial charge in [-0.2, -0.15) is 0 Å². The number of nitrogens with zero attached hydrogens (tertiary/aromatic N) is 1. The van der Waals surface area contributed by atoms with Crippen LogP contribution in [0.2, 0.25) is 0 Å². The molecule has 0 aromatic carbocycles. The van der Waals surface area contributed by atoms with E-state index in [1.165, 1.54) is 5.51 Å². The summed E-state index contributed by atoms with van der Waals surface area (Å²) in [5, 5.41) is 8.82. The summed E-state index contributed by atoms with van der Waals surface area (Å²) in [6, 6.07) is 0. The summed E-state index contributed by atoms with van der Waals surface area (Å²) in [5.41, 5.74) is 1.03. The molecule has 1 aromatic heterocycles. The van der Waals surface area contributed by atoms with Gasteiger partial charge >= 0.3 is 5.97 Å². The highest BCUT2D eigenvalue weighted by atomic mass is 32.2. The van der Waals surface area contributed by atoms with E-state index in [9.17, 15) is 13.2 Å². The highest BCUT2D eigenvalue weighted by Gasteiger charge is 2.26. The molecule has 0 aliphatic heterocycles. The molecule has 0 saturated carbocycles. The van der Waals surface area contributed by atoms with E-state index >= 15 is 0 Å². The van der Waals surface area contributed by atoms with Gasteiger partial charge in [0.05, 0.1) is 12.6 Å². The lowest BCUT2D eigenvalue weighted by molar-refractivity contribution is 0.0590. The van der Waals surface area contributed by atoms with E-state index in [-0.39, 0.29) is 29.0 Å². The Balaban J connectivity index is 2.92. The fourth-order valence-electron chi connectivity index (χ4n) is 1.04. The maximum Gasteiger partial charge on any atom is 0.358 e. The zero-order valence-corrected chi connectivity index (χ0v) is 11.5. The van der Waals surface area contributed by atoms with Crippen LogP contribution >= 0.6 is 11.3 Å². The van der Waals surface area contributed by atoms with Gasteiger partial charge in [0.2, 0.25) is 0 Å². The largest absolute Gasteiger partial charge is 0.464 e. The zero-order valence-electron chi connectivity index (χ0n) is 9.91. The van der Waals surface area contributed by atoms with Gasteiger partial charge in [0.25, 0.3) is 10.0 Å². The number of esters is 1. The van der Waals surface area contributed by atoms with E-state index in [1.54, 1.807) is 6.92 Å². The average molecular weight is 294 g/mol. The van der Waals surface area contributed by atoms with Gasteiger partial charge in [-0.25, -0.2) is 22.9 Å². The second-order valence-electron chi connectivity index (χ2n) is 3.62. The highest BCUT2D eigenvalue weighted by molar-refractivity contribution is 7.91. The van der Waals surface area contributed by atoms with Gasteiger partial charge in [0.15, 0.2) is 9.90 Å². The van der Waals surface area contributed by atoms with Gasteiger partial charge < -0.3 is 9.84 Å². The van der Waals surface area contributed by atoms with Gasteiger partial charge in [-0.1, -0.05) is 6.92 Å². The number of thiazole rings is 1. The minimum absolute atomic E-state index is 0.0807. The van der Waals surface area contributed by atoms with E-state index in [4.69, 9.17) is 5.11 Å². The van der Waals surface area contributed by atoms with Crippen LogP contribution in [0.1, 0.15) is 17.4 Å². The number of nitrogens with one attached hydrogen (secondary N) is 1. The fraction of sp³-hybridized carbons (Fsp3) is 0.556. The molecular weight excluding hydrogens is 280 g/mol. The van der Waals surface area contributed by atoms with Crippen LogP contribution in [-0.2, 0) is 14.8 Å². The number of hydrogen-bond acceptors (Lipinski definition) is 7. The van der Waals surface area contributed by atoms with Crippen molar-refractivity contribution in [2.24, 2.45) is 5.92 Å². The first-order chi connectivity index (χ1) is 8.42. The maximum absolute atomic E-state index is 11.9. The summed E-state index contributed by atoms with van der Waals surface area (Å²) < 4.78 is 30.4. The van der Waals surface area contributed by atoms with Crippen molar-refractivity contribution in [1.82, 2.24) is 9.71 Å². The number of ether oxygens (including phenoxy) is 1. The summed E-state index contributed by atoms with van der Waals surface area (Å²) in [7, 11) is -2.66.